The third-order valence-corrected chi connectivity index (χ3v) is 4.27. The summed E-state index contributed by atoms with van der Waals surface area (Å²) >= 11 is 0. The van der Waals surface area contributed by atoms with E-state index in [-0.39, 0.29) is 0 Å². The van der Waals surface area contributed by atoms with Crippen molar-refractivity contribution in [2.45, 2.75) is 12.5 Å². The molecule has 4 rings (SSSR count). The largest absolute Gasteiger partial charge is 0.497 e. The molecule has 1 aliphatic heterocycles. The molecule has 1 aliphatic carbocycles. The molecule has 0 radical (unpaired) electrons. The summed E-state index contributed by atoms with van der Waals surface area (Å²) in [6.45, 7) is 0. The molecule has 0 aromatic heterocycles. The average Bonchev–Trinajstić information content (AvgIpc) is 2.90. The van der Waals surface area contributed by atoms with Crippen LogP contribution in [0.4, 0.5) is 11.4 Å². The van der Waals surface area contributed by atoms with Crippen LogP contribution < -0.4 is 9.64 Å². The minimum Gasteiger partial charge on any atom is -0.497 e. The molecule has 21 heavy (non-hydrogen) atoms. The summed E-state index contributed by atoms with van der Waals surface area (Å²) in [7, 11) is 1.70. The number of methoxy groups -OCH3 is 1. The third-order valence-electron chi connectivity index (χ3n) is 4.27. The fraction of sp³-hybridized carbons (Fsp3) is 0.158. The van der Waals surface area contributed by atoms with Crippen LogP contribution in [0.3, 0.4) is 0 Å². The molecule has 1 atom stereocenters. The molecule has 2 nitrogen and oxygen atoms in total. The van der Waals surface area contributed by atoms with E-state index in [1.165, 1.54) is 22.5 Å². The van der Waals surface area contributed by atoms with E-state index in [1.54, 1.807) is 7.11 Å². The van der Waals surface area contributed by atoms with Gasteiger partial charge in [0.2, 0.25) is 0 Å². The van der Waals surface area contributed by atoms with Crippen molar-refractivity contribution in [2.75, 3.05) is 12.0 Å². The Morgan fingerprint density at radius 2 is 1.86 bits per heavy atom. The molecule has 2 heteroatoms. The Labute approximate surface area is 125 Å². The molecule has 1 heterocycles. The van der Waals surface area contributed by atoms with E-state index < -0.39 is 0 Å². The highest BCUT2D eigenvalue weighted by Gasteiger charge is 2.34. The second-order valence-corrected chi connectivity index (χ2v) is 5.39. The van der Waals surface area contributed by atoms with Gasteiger partial charge in [-0.1, -0.05) is 36.4 Å². The number of fused-ring (bicyclic) bond motifs is 3. The maximum absolute atomic E-state index is 5.27. The Hall–Kier alpha value is -2.48. The fourth-order valence-electron chi connectivity index (χ4n) is 3.29. The minimum atomic E-state index is 0.404. The Balaban J connectivity index is 1.84. The molecule has 0 saturated heterocycles. The summed E-state index contributed by atoms with van der Waals surface area (Å²) in [4.78, 5) is 2.43. The van der Waals surface area contributed by atoms with Crippen molar-refractivity contribution in [1.29, 1.82) is 0 Å². The van der Waals surface area contributed by atoms with Crippen LogP contribution in [0, 0.1) is 0 Å². The number of benzene rings is 2. The van der Waals surface area contributed by atoms with Gasteiger partial charge in [0.25, 0.3) is 0 Å². The summed E-state index contributed by atoms with van der Waals surface area (Å²) < 4.78 is 5.27. The molecular formula is C19H17NO. The third kappa shape index (κ3) is 1.87. The first-order chi connectivity index (χ1) is 10.4. The minimum absolute atomic E-state index is 0.404. The van der Waals surface area contributed by atoms with Crippen molar-refractivity contribution in [3.8, 4) is 5.75 Å². The number of nitrogens with zero attached hydrogens (tertiary/aromatic N) is 1. The fourth-order valence-corrected chi connectivity index (χ4v) is 3.29. The highest BCUT2D eigenvalue weighted by molar-refractivity contribution is 5.93. The smallest absolute Gasteiger partial charge is 0.119 e. The van der Waals surface area contributed by atoms with Crippen molar-refractivity contribution in [3.63, 3.8) is 0 Å². The standard InChI is InChI=1S/C19H17NO/c1-21-15-12-10-14(11-13-15)20-18-8-4-2-6-16(18)17-7-3-5-9-19(17)20/h2-8,10-13,19H,9H2,1H3. The molecule has 0 fully saturated rings. The summed E-state index contributed by atoms with van der Waals surface area (Å²) in [5.74, 6) is 0.894. The Morgan fingerprint density at radius 1 is 1.05 bits per heavy atom. The van der Waals surface area contributed by atoms with Gasteiger partial charge in [-0.2, -0.15) is 0 Å². The number of rotatable bonds is 2. The summed E-state index contributed by atoms with van der Waals surface area (Å²) in [5.41, 5.74) is 5.28. The monoisotopic (exact) mass is 275 g/mol. The van der Waals surface area contributed by atoms with Gasteiger partial charge in [0.15, 0.2) is 0 Å². The zero-order valence-corrected chi connectivity index (χ0v) is 12.0. The number of para-hydroxylation sites is 1. The van der Waals surface area contributed by atoms with Crippen LogP contribution in [-0.4, -0.2) is 13.2 Å². The molecule has 2 aromatic rings. The highest BCUT2D eigenvalue weighted by Crippen LogP contribution is 2.47. The van der Waals surface area contributed by atoms with Gasteiger partial charge in [-0.15, -0.1) is 0 Å². The van der Waals surface area contributed by atoms with Crippen LogP contribution in [0.2, 0.25) is 0 Å². The van der Waals surface area contributed by atoms with Crippen LogP contribution in [0.5, 0.6) is 5.75 Å². The van der Waals surface area contributed by atoms with Crippen molar-refractivity contribution < 1.29 is 4.74 Å². The topological polar surface area (TPSA) is 12.5 Å². The molecule has 2 aliphatic rings. The SMILES string of the molecule is COc1ccc(N2c3ccccc3C3=CC=CCC32)cc1. The van der Waals surface area contributed by atoms with Crippen LogP contribution >= 0.6 is 0 Å². The molecule has 1 unspecified atom stereocenters. The number of allylic oxidation sites excluding steroid dienone is 2. The van der Waals surface area contributed by atoms with Crippen molar-refractivity contribution >= 4 is 16.9 Å². The van der Waals surface area contributed by atoms with Gasteiger partial charge >= 0.3 is 0 Å². The molecule has 0 amide bonds. The lowest BCUT2D eigenvalue weighted by molar-refractivity contribution is 0.415. The molecule has 0 spiro atoms. The second kappa shape index (κ2) is 4.81. The number of anilines is 2. The van der Waals surface area contributed by atoms with Crippen molar-refractivity contribution in [1.82, 2.24) is 0 Å². The number of hydrogen-bond acceptors (Lipinski definition) is 2. The van der Waals surface area contributed by atoms with Crippen LogP contribution in [-0.2, 0) is 0 Å². The molecule has 0 N–H and O–H groups in total. The molecule has 104 valence electrons. The lowest BCUT2D eigenvalue weighted by atomic mass is 9.96. The maximum atomic E-state index is 5.27. The predicted octanol–water partition coefficient (Wildman–Crippen LogP) is 4.56. The Bertz CT molecular complexity index is 727. The van der Waals surface area contributed by atoms with E-state index in [0.717, 1.165) is 12.2 Å². The lowest BCUT2D eigenvalue weighted by Crippen LogP contribution is -2.26. The maximum Gasteiger partial charge on any atom is 0.119 e. The van der Waals surface area contributed by atoms with Gasteiger partial charge in [0.1, 0.15) is 5.75 Å². The molecule has 0 saturated carbocycles. The quantitative estimate of drug-likeness (QED) is 0.796. The molecule has 2 aromatic carbocycles. The zero-order chi connectivity index (χ0) is 14.2. The average molecular weight is 275 g/mol. The van der Waals surface area contributed by atoms with Crippen molar-refractivity contribution in [3.05, 3.63) is 72.3 Å². The van der Waals surface area contributed by atoms with Gasteiger partial charge in [-0.05, 0) is 42.3 Å². The molecular weight excluding hydrogens is 258 g/mol. The zero-order valence-electron chi connectivity index (χ0n) is 12.0. The predicted molar refractivity (Wildman–Crippen MR) is 87.1 cm³/mol. The highest BCUT2D eigenvalue weighted by atomic mass is 16.5. The Morgan fingerprint density at radius 3 is 2.67 bits per heavy atom. The second-order valence-electron chi connectivity index (χ2n) is 5.39. The van der Waals surface area contributed by atoms with Crippen molar-refractivity contribution in [2.24, 2.45) is 0 Å². The van der Waals surface area contributed by atoms with Gasteiger partial charge in [-0.3, -0.25) is 0 Å². The molecule has 0 bridgehead atoms. The van der Waals surface area contributed by atoms with E-state index in [2.05, 4.69) is 59.5 Å². The van der Waals surface area contributed by atoms with Gasteiger partial charge < -0.3 is 9.64 Å². The lowest BCUT2D eigenvalue weighted by Gasteiger charge is -2.28. The van der Waals surface area contributed by atoms with E-state index in [4.69, 9.17) is 4.74 Å². The van der Waals surface area contributed by atoms with Gasteiger partial charge in [0.05, 0.1) is 13.2 Å². The Kier molecular flexibility index (Phi) is 2.81. The van der Waals surface area contributed by atoms with E-state index >= 15 is 0 Å². The number of ether oxygens (including phenoxy) is 1. The van der Waals surface area contributed by atoms with E-state index in [9.17, 15) is 0 Å². The summed E-state index contributed by atoms with van der Waals surface area (Å²) in [6, 6.07) is 17.4. The van der Waals surface area contributed by atoms with E-state index in [0.29, 0.717) is 6.04 Å². The summed E-state index contributed by atoms with van der Waals surface area (Å²) in [6.07, 6.45) is 7.71. The number of hydrogen-bond donors (Lipinski definition) is 0. The first-order valence-electron chi connectivity index (χ1n) is 7.28. The first-order valence-corrected chi connectivity index (χ1v) is 7.28. The van der Waals surface area contributed by atoms with Crippen LogP contribution in [0.25, 0.3) is 5.57 Å². The first kappa shape index (κ1) is 12.3. The van der Waals surface area contributed by atoms with Crippen LogP contribution in [0.1, 0.15) is 12.0 Å². The van der Waals surface area contributed by atoms with Gasteiger partial charge in [0, 0.05) is 16.9 Å². The van der Waals surface area contributed by atoms with E-state index in [1.807, 2.05) is 12.1 Å². The van der Waals surface area contributed by atoms with Crippen LogP contribution in [0.15, 0.2) is 66.8 Å². The summed E-state index contributed by atoms with van der Waals surface area (Å²) in [5, 5.41) is 0. The normalized spacial score (nSPS) is 19.0. The van der Waals surface area contributed by atoms with Gasteiger partial charge in [-0.25, -0.2) is 0 Å².